The molecule has 0 radical (unpaired) electrons. The van der Waals surface area contributed by atoms with Crippen LogP contribution in [0.4, 0.5) is 13.2 Å². The van der Waals surface area contributed by atoms with Gasteiger partial charge in [0.25, 0.3) is 0 Å². The normalized spacial score (nSPS) is 10.5. The number of methoxy groups -OCH3 is 1. The molecule has 1 aromatic carbocycles. The fraction of sp³-hybridized carbons (Fsp3) is 0.0909. The van der Waals surface area contributed by atoms with Gasteiger partial charge in [0.2, 0.25) is 0 Å². The average Bonchev–Trinajstić information content (AvgIpc) is 2.83. The lowest BCUT2D eigenvalue weighted by molar-refractivity contribution is 0.0686. The Balaban J connectivity index is 2.66. The van der Waals surface area contributed by atoms with E-state index in [0.29, 0.717) is 6.07 Å². The summed E-state index contributed by atoms with van der Waals surface area (Å²) in [5, 5.41) is 11.7. The summed E-state index contributed by atoms with van der Waals surface area (Å²) >= 11 is 0. The molecule has 0 unspecified atom stereocenters. The molecule has 0 atom stereocenters. The van der Waals surface area contributed by atoms with Gasteiger partial charge in [0.1, 0.15) is 0 Å². The molecule has 5 nitrogen and oxygen atoms in total. The third-order valence-electron chi connectivity index (χ3n) is 2.32. The number of hydrogen-bond acceptors (Lipinski definition) is 4. The van der Waals surface area contributed by atoms with E-state index < -0.39 is 46.2 Å². The maximum atomic E-state index is 13.8. The Bertz CT molecular complexity index is 654. The van der Waals surface area contributed by atoms with Gasteiger partial charge in [-0.2, -0.15) is 0 Å². The molecule has 2 aromatic rings. The summed E-state index contributed by atoms with van der Waals surface area (Å²) in [5.74, 6) is -6.63. The van der Waals surface area contributed by atoms with E-state index in [4.69, 9.17) is 5.11 Å². The SMILES string of the molecule is COc1cc(F)c(F)c(-c2cc(C(=O)O)no2)c1F. The second-order valence-corrected chi connectivity index (χ2v) is 3.45. The maximum Gasteiger partial charge on any atom is 0.358 e. The quantitative estimate of drug-likeness (QED) is 0.869. The van der Waals surface area contributed by atoms with Crippen LogP contribution in [0.2, 0.25) is 0 Å². The average molecular weight is 273 g/mol. The van der Waals surface area contributed by atoms with Gasteiger partial charge in [-0.25, -0.2) is 18.0 Å². The first-order valence-corrected chi connectivity index (χ1v) is 4.87. The van der Waals surface area contributed by atoms with E-state index in [-0.39, 0.29) is 0 Å². The number of benzene rings is 1. The minimum Gasteiger partial charge on any atom is -0.494 e. The molecule has 1 heterocycles. The molecule has 0 bridgehead atoms. The van der Waals surface area contributed by atoms with Crippen LogP contribution < -0.4 is 4.74 Å². The van der Waals surface area contributed by atoms with Crippen LogP contribution in [0.3, 0.4) is 0 Å². The first-order valence-electron chi connectivity index (χ1n) is 4.87. The van der Waals surface area contributed by atoms with Crippen molar-refractivity contribution < 1.29 is 32.3 Å². The highest BCUT2D eigenvalue weighted by Crippen LogP contribution is 2.33. The highest BCUT2D eigenvalue weighted by atomic mass is 19.2. The van der Waals surface area contributed by atoms with Crippen LogP contribution in [0, 0.1) is 17.5 Å². The molecule has 0 saturated carbocycles. The maximum absolute atomic E-state index is 13.8. The van der Waals surface area contributed by atoms with E-state index in [1.165, 1.54) is 0 Å². The third-order valence-corrected chi connectivity index (χ3v) is 2.32. The van der Waals surface area contributed by atoms with E-state index in [2.05, 4.69) is 14.4 Å². The molecular weight excluding hydrogens is 267 g/mol. The number of hydrogen-bond donors (Lipinski definition) is 1. The highest BCUT2D eigenvalue weighted by molar-refractivity contribution is 5.86. The molecule has 0 saturated heterocycles. The van der Waals surface area contributed by atoms with E-state index in [0.717, 1.165) is 13.2 Å². The molecule has 100 valence electrons. The summed E-state index contributed by atoms with van der Waals surface area (Å²) in [4.78, 5) is 10.6. The smallest absolute Gasteiger partial charge is 0.358 e. The number of carboxylic acid groups (broad SMARTS) is 1. The van der Waals surface area contributed by atoms with Crippen LogP contribution in [0.1, 0.15) is 10.5 Å². The van der Waals surface area contributed by atoms with Gasteiger partial charge < -0.3 is 14.4 Å². The van der Waals surface area contributed by atoms with Crippen molar-refractivity contribution >= 4 is 5.97 Å². The van der Waals surface area contributed by atoms with Crippen LogP contribution in [-0.4, -0.2) is 23.3 Å². The van der Waals surface area contributed by atoms with Crippen molar-refractivity contribution in [3.05, 3.63) is 35.3 Å². The van der Waals surface area contributed by atoms with E-state index in [9.17, 15) is 18.0 Å². The van der Waals surface area contributed by atoms with Gasteiger partial charge in [-0.05, 0) is 0 Å². The minimum atomic E-state index is -1.52. The minimum absolute atomic E-state index is 0.530. The van der Waals surface area contributed by atoms with Gasteiger partial charge in [-0.15, -0.1) is 0 Å². The van der Waals surface area contributed by atoms with Crippen LogP contribution >= 0.6 is 0 Å². The Morgan fingerprint density at radius 3 is 2.53 bits per heavy atom. The van der Waals surface area contributed by atoms with Crippen LogP contribution in [0.15, 0.2) is 16.7 Å². The van der Waals surface area contributed by atoms with Crippen molar-refractivity contribution in [1.29, 1.82) is 0 Å². The third kappa shape index (κ3) is 2.12. The molecule has 0 amide bonds. The second kappa shape index (κ2) is 4.63. The summed E-state index contributed by atoms with van der Waals surface area (Å²) in [6, 6.07) is 1.31. The lowest BCUT2D eigenvalue weighted by Gasteiger charge is -2.07. The fourth-order valence-corrected chi connectivity index (χ4v) is 1.44. The Morgan fingerprint density at radius 1 is 1.32 bits per heavy atom. The van der Waals surface area contributed by atoms with Crippen molar-refractivity contribution in [3.63, 3.8) is 0 Å². The van der Waals surface area contributed by atoms with E-state index >= 15 is 0 Å². The molecule has 1 N–H and O–H groups in total. The van der Waals surface area contributed by atoms with Crippen LogP contribution in [-0.2, 0) is 0 Å². The molecule has 8 heteroatoms. The van der Waals surface area contributed by atoms with Crippen molar-refractivity contribution in [3.8, 4) is 17.1 Å². The summed E-state index contributed by atoms with van der Waals surface area (Å²) in [6.45, 7) is 0. The standard InChI is InChI=1S/C11H6F3NO4/c1-18-7-2-4(12)9(13)8(10(7)14)6-3-5(11(16)17)15-19-6/h2-3H,1H3,(H,16,17). The Hall–Kier alpha value is -2.51. The molecule has 2 rings (SSSR count). The Kier molecular flexibility index (Phi) is 3.16. The monoisotopic (exact) mass is 273 g/mol. The molecule has 0 fully saturated rings. The largest absolute Gasteiger partial charge is 0.494 e. The number of carboxylic acids is 1. The van der Waals surface area contributed by atoms with E-state index in [1.54, 1.807) is 0 Å². The summed E-state index contributed by atoms with van der Waals surface area (Å²) in [5.41, 5.74) is -1.44. The lowest BCUT2D eigenvalue weighted by Crippen LogP contribution is -1.98. The van der Waals surface area contributed by atoms with E-state index in [1.807, 2.05) is 0 Å². The predicted molar refractivity (Wildman–Crippen MR) is 55.3 cm³/mol. The van der Waals surface area contributed by atoms with Gasteiger partial charge in [0, 0.05) is 12.1 Å². The molecular formula is C11H6F3NO4. The molecule has 0 spiro atoms. The number of ether oxygens (including phenoxy) is 1. The first-order chi connectivity index (χ1) is 8.95. The fourth-order valence-electron chi connectivity index (χ4n) is 1.44. The second-order valence-electron chi connectivity index (χ2n) is 3.45. The van der Waals surface area contributed by atoms with Gasteiger partial charge in [-0.3, -0.25) is 0 Å². The number of aromatic carboxylic acids is 1. The zero-order valence-corrected chi connectivity index (χ0v) is 9.41. The Morgan fingerprint density at radius 2 is 2.00 bits per heavy atom. The number of aromatic nitrogens is 1. The molecule has 0 aliphatic carbocycles. The number of rotatable bonds is 3. The van der Waals surface area contributed by atoms with Crippen LogP contribution in [0.25, 0.3) is 11.3 Å². The highest BCUT2D eigenvalue weighted by Gasteiger charge is 2.25. The number of carbonyl (C=O) groups is 1. The van der Waals surface area contributed by atoms with Crippen molar-refractivity contribution in [2.75, 3.05) is 7.11 Å². The lowest BCUT2D eigenvalue weighted by atomic mass is 10.1. The summed E-state index contributed by atoms with van der Waals surface area (Å²) in [6.07, 6.45) is 0. The molecule has 1 aromatic heterocycles. The summed E-state index contributed by atoms with van der Waals surface area (Å²) in [7, 11) is 1.07. The van der Waals surface area contributed by atoms with Gasteiger partial charge >= 0.3 is 5.97 Å². The first kappa shape index (κ1) is 12.9. The van der Waals surface area contributed by atoms with Crippen molar-refractivity contribution in [2.24, 2.45) is 0 Å². The van der Waals surface area contributed by atoms with Crippen molar-refractivity contribution in [1.82, 2.24) is 5.16 Å². The summed E-state index contributed by atoms with van der Waals surface area (Å²) < 4.78 is 49.7. The van der Waals surface area contributed by atoms with Crippen molar-refractivity contribution in [2.45, 2.75) is 0 Å². The topological polar surface area (TPSA) is 72.6 Å². The van der Waals surface area contributed by atoms with Gasteiger partial charge in [0.15, 0.2) is 34.7 Å². The zero-order chi connectivity index (χ0) is 14.2. The molecule has 0 aliphatic heterocycles. The number of nitrogens with zero attached hydrogens (tertiary/aromatic N) is 1. The zero-order valence-electron chi connectivity index (χ0n) is 9.41. The predicted octanol–water partition coefficient (Wildman–Crippen LogP) is 2.47. The Labute approximate surface area is 104 Å². The van der Waals surface area contributed by atoms with Crippen LogP contribution in [0.5, 0.6) is 5.75 Å². The van der Waals surface area contributed by atoms with Gasteiger partial charge in [-0.1, -0.05) is 5.16 Å². The van der Waals surface area contributed by atoms with Gasteiger partial charge in [0.05, 0.1) is 12.7 Å². The molecule has 19 heavy (non-hydrogen) atoms. The molecule has 0 aliphatic rings. The number of halogens is 3.